The molecule has 2 N–H and O–H groups in total. The lowest BCUT2D eigenvalue weighted by Gasteiger charge is -2.29. The summed E-state index contributed by atoms with van der Waals surface area (Å²) in [4.78, 5) is 4.81. The Hall–Kier alpha value is -0.410. The Morgan fingerprint density at radius 3 is 2.60 bits per heavy atom. The molecule has 1 aromatic heterocycles. The molecule has 0 amide bonds. The van der Waals surface area contributed by atoms with Crippen LogP contribution in [0.3, 0.4) is 0 Å². The molecule has 0 bridgehead atoms. The molecular formula is C12H18N2S. The minimum atomic E-state index is -0.123. The van der Waals surface area contributed by atoms with E-state index < -0.39 is 0 Å². The Morgan fingerprint density at radius 1 is 1.47 bits per heavy atom. The molecule has 2 fully saturated rings. The number of aromatic nitrogens is 1. The molecule has 2 aliphatic carbocycles. The summed E-state index contributed by atoms with van der Waals surface area (Å²) >= 11 is 1.84. The quantitative estimate of drug-likeness (QED) is 0.854. The van der Waals surface area contributed by atoms with Gasteiger partial charge in [-0.1, -0.05) is 0 Å². The number of nitrogens with two attached hydrogens (primary N) is 1. The van der Waals surface area contributed by atoms with Gasteiger partial charge in [-0.3, -0.25) is 0 Å². The molecule has 0 unspecified atom stereocenters. The standard InChI is InChI=1S/C12H18N2S/c1-11(2,13)12(5-6-12)9-7-15-10(14-9)8-3-4-8/h7-8H,3-6,13H2,1-2H3. The Labute approximate surface area is 94.9 Å². The van der Waals surface area contributed by atoms with Crippen LogP contribution in [0.4, 0.5) is 0 Å². The van der Waals surface area contributed by atoms with Crippen molar-refractivity contribution in [2.75, 3.05) is 0 Å². The van der Waals surface area contributed by atoms with Crippen LogP contribution in [0.15, 0.2) is 5.38 Å². The van der Waals surface area contributed by atoms with Crippen molar-refractivity contribution >= 4 is 11.3 Å². The van der Waals surface area contributed by atoms with Crippen LogP contribution in [0, 0.1) is 0 Å². The fourth-order valence-electron chi connectivity index (χ4n) is 2.38. The molecule has 1 aromatic rings. The average Bonchev–Trinajstić information content (AvgIpc) is 3.04. The van der Waals surface area contributed by atoms with Gasteiger partial charge in [0.15, 0.2) is 0 Å². The lowest BCUT2D eigenvalue weighted by atomic mass is 9.83. The van der Waals surface area contributed by atoms with E-state index in [1.807, 2.05) is 11.3 Å². The van der Waals surface area contributed by atoms with Crippen LogP contribution in [0.5, 0.6) is 0 Å². The highest BCUT2D eigenvalue weighted by Gasteiger charge is 2.55. The van der Waals surface area contributed by atoms with Gasteiger partial charge >= 0.3 is 0 Å². The normalized spacial score (nSPS) is 24.2. The lowest BCUT2D eigenvalue weighted by molar-refractivity contribution is 0.385. The van der Waals surface area contributed by atoms with E-state index in [-0.39, 0.29) is 11.0 Å². The summed E-state index contributed by atoms with van der Waals surface area (Å²) in [5, 5.41) is 3.59. The van der Waals surface area contributed by atoms with Gasteiger partial charge in [0.25, 0.3) is 0 Å². The van der Waals surface area contributed by atoms with E-state index in [0.29, 0.717) is 0 Å². The van der Waals surface area contributed by atoms with Crippen molar-refractivity contribution in [3.63, 3.8) is 0 Å². The molecule has 3 heteroatoms. The molecule has 1 heterocycles. The maximum Gasteiger partial charge on any atom is 0.0959 e. The molecule has 15 heavy (non-hydrogen) atoms. The van der Waals surface area contributed by atoms with Gasteiger partial charge in [0, 0.05) is 22.3 Å². The van der Waals surface area contributed by atoms with Crippen LogP contribution >= 0.6 is 11.3 Å². The summed E-state index contributed by atoms with van der Waals surface area (Å²) < 4.78 is 0. The maximum absolute atomic E-state index is 6.27. The first-order valence-electron chi connectivity index (χ1n) is 5.78. The molecule has 2 nitrogen and oxygen atoms in total. The van der Waals surface area contributed by atoms with Gasteiger partial charge in [0.1, 0.15) is 0 Å². The Kier molecular flexibility index (Phi) is 1.85. The topological polar surface area (TPSA) is 38.9 Å². The summed E-state index contributed by atoms with van der Waals surface area (Å²) in [7, 11) is 0. The second kappa shape index (κ2) is 2.83. The Bertz CT molecular complexity index is 381. The molecule has 2 saturated carbocycles. The first kappa shape index (κ1) is 9.79. The van der Waals surface area contributed by atoms with Crippen molar-refractivity contribution in [3.05, 3.63) is 16.1 Å². The van der Waals surface area contributed by atoms with Crippen molar-refractivity contribution in [3.8, 4) is 0 Å². The Balaban J connectivity index is 1.92. The highest BCUT2D eigenvalue weighted by Crippen LogP contribution is 2.55. The van der Waals surface area contributed by atoms with E-state index in [9.17, 15) is 0 Å². The summed E-state index contributed by atoms with van der Waals surface area (Å²) in [5.74, 6) is 0.778. The highest BCUT2D eigenvalue weighted by molar-refractivity contribution is 7.09. The smallest absolute Gasteiger partial charge is 0.0959 e. The van der Waals surface area contributed by atoms with Crippen LogP contribution < -0.4 is 5.73 Å². The third-order valence-corrected chi connectivity index (χ3v) is 4.93. The van der Waals surface area contributed by atoms with E-state index in [1.54, 1.807) is 0 Å². The number of hydrogen-bond acceptors (Lipinski definition) is 3. The molecule has 2 aliphatic rings. The van der Waals surface area contributed by atoms with Crippen LogP contribution in [0.1, 0.15) is 56.2 Å². The summed E-state index contributed by atoms with van der Waals surface area (Å²) in [6.07, 6.45) is 5.10. The SMILES string of the molecule is CC(C)(N)C1(c2csc(C3CC3)n2)CC1. The molecule has 0 saturated heterocycles. The molecule has 0 radical (unpaired) electrons. The molecule has 0 spiro atoms. The fourth-order valence-corrected chi connectivity index (χ4v) is 3.47. The van der Waals surface area contributed by atoms with Crippen LogP contribution in [0.25, 0.3) is 0 Å². The van der Waals surface area contributed by atoms with Gasteiger partial charge in [-0.25, -0.2) is 4.98 Å². The summed E-state index contributed by atoms with van der Waals surface area (Å²) in [5.41, 5.74) is 7.61. The van der Waals surface area contributed by atoms with Gasteiger partial charge < -0.3 is 5.73 Å². The predicted octanol–water partition coefficient (Wildman–Crippen LogP) is 2.79. The number of hydrogen-bond donors (Lipinski definition) is 1. The maximum atomic E-state index is 6.27. The number of nitrogens with zero attached hydrogens (tertiary/aromatic N) is 1. The molecule has 0 aromatic carbocycles. The minimum Gasteiger partial charge on any atom is -0.325 e. The zero-order chi connectivity index (χ0) is 10.7. The van der Waals surface area contributed by atoms with Crippen LogP contribution in [-0.4, -0.2) is 10.5 Å². The van der Waals surface area contributed by atoms with E-state index in [0.717, 1.165) is 5.92 Å². The number of rotatable bonds is 3. The van der Waals surface area contributed by atoms with Crippen LogP contribution in [-0.2, 0) is 5.41 Å². The molecule has 3 rings (SSSR count). The van der Waals surface area contributed by atoms with E-state index in [2.05, 4.69) is 19.2 Å². The third-order valence-electron chi connectivity index (χ3n) is 3.92. The van der Waals surface area contributed by atoms with E-state index in [4.69, 9.17) is 10.7 Å². The van der Waals surface area contributed by atoms with Gasteiger partial charge in [-0.15, -0.1) is 11.3 Å². The fraction of sp³-hybridized carbons (Fsp3) is 0.750. The zero-order valence-electron chi connectivity index (χ0n) is 9.42. The van der Waals surface area contributed by atoms with Crippen molar-refractivity contribution in [2.45, 2.75) is 56.4 Å². The molecule has 0 aliphatic heterocycles. The van der Waals surface area contributed by atoms with Gasteiger partial charge in [0.05, 0.1) is 10.7 Å². The largest absolute Gasteiger partial charge is 0.325 e. The number of thiazole rings is 1. The first-order valence-corrected chi connectivity index (χ1v) is 6.66. The van der Waals surface area contributed by atoms with Gasteiger partial charge in [-0.2, -0.15) is 0 Å². The monoisotopic (exact) mass is 222 g/mol. The van der Waals surface area contributed by atoms with E-state index >= 15 is 0 Å². The van der Waals surface area contributed by atoms with Crippen molar-refractivity contribution in [1.29, 1.82) is 0 Å². The minimum absolute atomic E-state index is 0.123. The van der Waals surface area contributed by atoms with Crippen molar-refractivity contribution in [1.82, 2.24) is 4.98 Å². The van der Waals surface area contributed by atoms with Crippen molar-refractivity contribution in [2.24, 2.45) is 5.73 Å². The summed E-state index contributed by atoms with van der Waals surface area (Å²) in [6.45, 7) is 4.27. The first-order chi connectivity index (χ1) is 7.03. The highest BCUT2D eigenvalue weighted by atomic mass is 32.1. The molecule has 82 valence electrons. The molecular weight excluding hydrogens is 204 g/mol. The van der Waals surface area contributed by atoms with Crippen LogP contribution in [0.2, 0.25) is 0 Å². The predicted molar refractivity (Wildman–Crippen MR) is 63.3 cm³/mol. The molecule has 0 atom stereocenters. The summed E-state index contributed by atoms with van der Waals surface area (Å²) in [6, 6.07) is 0. The second-order valence-electron chi connectivity index (χ2n) is 5.65. The Morgan fingerprint density at radius 2 is 2.13 bits per heavy atom. The zero-order valence-corrected chi connectivity index (χ0v) is 10.2. The lowest BCUT2D eigenvalue weighted by Crippen LogP contribution is -2.45. The average molecular weight is 222 g/mol. The van der Waals surface area contributed by atoms with Gasteiger partial charge in [0.2, 0.25) is 0 Å². The van der Waals surface area contributed by atoms with E-state index in [1.165, 1.54) is 36.4 Å². The van der Waals surface area contributed by atoms with Crippen molar-refractivity contribution < 1.29 is 0 Å². The third kappa shape index (κ3) is 1.44. The second-order valence-corrected chi connectivity index (χ2v) is 6.54. The van der Waals surface area contributed by atoms with Gasteiger partial charge in [-0.05, 0) is 39.5 Å².